The van der Waals surface area contributed by atoms with Gasteiger partial charge in [0, 0.05) is 35.9 Å². The van der Waals surface area contributed by atoms with Gasteiger partial charge in [-0.15, -0.1) is 0 Å². The summed E-state index contributed by atoms with van der Waals surface area (Å²) in [4.78, 5) is 38.3. The van der Waals surface area contributed by atoms with E-state index in [1.807, 2.05) is 75.4 Å². The highest BCUT2D eigenvalue weighted by molar-refractivity contribution is 5.99. The first-order valence-corrected chi connectivity index (χ1v) is 12.3. The van der Waals surface area contributed by atoms with Crippen molar-refractivity contribution in [1.82, 2.24) is 14.7 Å². The molecular weight excluding hydrogens is 482 g/mol. The zero-order chi connectivity index (χ0) is 27.2. The Hall–Kier alpha value is -4.79. The molecule has 2 amide bonds. The molecule has 1 aromatic heterocycles. The number of nitro groups is 1. The predicted molar refractivity (Wildman–Crippen MR) is 146 cm³/mol. The predicted octanol–water partition coefficient (Wildman–Crippen LogP) is 5.49. The molecule has 38 heavy (non-hydrogen) atoms. The third-order valence-electron chi connectivity index (χ3n) is 5.86. The molecule has 0 radical (unpaired) electrons. The van der Waals surface area contributed by atoms with E-state index < -0.39 is 4.92 Å². The second-order valence-corrected chi connectivity index (χ2v) is 9.46. The van der Waals surface area contributed by atoms with E-state index in [0.29, 0.717) is 18.1 Å². The summed E-state index contributed by atoms with van der Waals surface area (Å²) in [7, 11) is 0. The standard InChI is InChI=1S/C29H29N5O4/c1-20(2)18-32(29(36)23-11-15-25(16-12-23)34(37)38)19-28(35)30-27-17-26(22-7-5-4-6-8-22)31-33(27)24-13-9-21(3)10-14-24/h4-17,20H,18-19H2,1-3H3,(H,30,35). The SMILES string of the molecule is Cc1ccc(-n2nc(-c3ccccc3)cc2NC(=O)CN(CC(C)C)C(=O)c2ccc([N+](=O)[O-])cc2)cc1. The molecule has 1 N–H and O–H groups in total. The molecule has 9 nitrogen and oxygen atoms in total. The van der Waals surface area contributed by atoms with Gasteiger partial charge in [0.15, 0.2) is 0 Å². The van der Waals surface area contributed by atoms with E-state index >= 15 is 0 Å². The molecule has 0 spiro atoms. The van der Waals surface area contributed by atoms with E-state index in [4.69, 9.17) is 5.10 Å². The molecule has 0 atom stereocenters. The summed E-state index contributed by atoms with van der Waals surface area (Å²) in [6.07, 6.45) is 0. The number of benzene rings is 3. The molecule has 0 saturated carbocycles. The highest BCUT2D eigenvalue weighted by Crippen LogP contribution is 2.25. The van der Waals surface area contributed by atoms with Gasteiger partial charge in [0.05, 0.1) is 16.3 Å². The molecule has 0 aliphatic heterocycles. The average molecular weight is 512 g/mol. The molecule has 4 aromatic rings. The van der Waals surface area contributed by atoms with Crippen molar-refractivity contribution in [2.45, 2.75) is 20.8 Å². The van der Waals surface area contributed by atoms with Crippen LogP contribution in [0.2, 0.25) is 0 Å². The monoisotopic (exact) mass is 511 g/mol. The van der Waals surface area contributed by atoms with E-state index in [1.165, 1.54) is 29.2 Å². The van der Waals surface area contributed by atoms with Gasteiger partial charge in [0.25, 0.3) is 11.6 Å². The summed E-state index contributed by atoms with van der Waals surface area (Å²) >= 11 is 0. The van der Waals surface area contributed by atoms with Crippen LogP contribution in [0.5, 0.6) is 0 Å². The number of hydrogen-bond acceptors (Lipinski definition) is 5. The number of nitrogens with one attached hydrogen (secondary N) is 1. The summed E-state index contributed by atoms with van der Waals surface area (Å²) in [5.41, 5.74) is 3.66. The second-order valence-electron chi connectivity index (χ2n) is 9.46. The lowest BCUT2D eigenvalue weighted by molar-refractivity contribution is -0.384. The summed E-state index contributed by atoms with van der Waals surface area (Å²) in [5.74, 6) is -0.174. The van der Waals surface area contributed by atoms with Crippen LogP contribution >= 0.6 is 0 Å². The molecule has 3 aromatic carbocycles. The van der Waals surface area contributed by atoms with Gasteiger partial charge in [-0.3, -0.25) is 19.7 Å². The Labute approximate surface area is 220 Å². The normalized spacial score (nSPS) is 10.8. The lowest BCUT2D eigenvalue weighted by Gasteiger charge is -2.24. The van der Waals surface area contributed by atoms with Gasteiger partial charge >= 0.3 is 0 Å². The molecule has 0 saturated heterocycles. The number of carbonyl (C=O) groups is 2. The fraction of sp³-hybridized carbons (Fsp3) is 0.207. The van der Waals surface area contributed by atoms with Crippen molar-refractivity contribution in [3.8, 4) is 16.9 Å². The molecule has 194 valence electrons. The molecule has 0 unspecified atom stereocenters. The number of amides is 2. The van der Waals surface area contributed by atoms with Gasteiger partial charge in [-0.2, -0.15) is 5.10 Å². The van der Waals surface area contributed by atoms with Crippen LogP contribution in [-0.4, -0.2) is 44.5 Å². The van der Waals surface area contributed by atoms with Crippen LogP contribution in [0.15, 0.2) is 84.9 Å². The Kier molecular flexibility index (Phi) is 7.96. The Morgan fingerprint density at radius 1 is 1.00 bits per heavy atom. The molecule has 0 bridgehead atoms. The van der Waals surface area contributed by atoms with Crippen LogP contribution < -0.4 is 5.32 Å². The van der Waals surface area contributed by atoms with Gasteiger partial charge in [0.2, 0.25) is 5.91 Å². The zero-order valence-electron chi connectivity index (χ0n) is 21.5. The largest absolute Gasteiger partial charge is 0.329 e. The number of hydrogen-bond donors (Lipinski definition) is 1. The number of anilines is 1. The topological polar surface area (TPSA) is 110 Å². The van der Waals surface area contributed by atoms with Crippen LogP contribution in [0.25, 0.3) is 16.9 Å². The Morgan fingerprint density at radius 2 is 1.66 bits per heavy atom. The minimum atomic E-state index is -0.519. The molecule has 0 aliphatic carbocycles. The number of aromatic nitrogens is 2. The van der Waals surface area contributed by atoms with Gasteiger partial charge in [-0.05, 0) is 37.1 Å². The van der Waals surface area contributed by atoms with Crippen LogP contribution in [-0.2, 0) is 4.79 Å². The van der Waals surface area contributed by atoms with Crippen molar-refractivity contribution in [1.29, 1.82) is 0 Å². The summed E-state index contributed by atoms with van der Waals surface area (Å²) in [5, 5.41) is 18.6. The number of nitrogens with zero attached hydrogens (tertiary/aromatic N) is 4. The third kappa shape index (κ3) is 6.31. The van der Waals surface area contributed by atoms with E-state index in [9.17, 15) is 19.7 Å². The maximum Gasteiger partial charge on any atom is 0.269 e. The number of nitro benzene ring substituents is 1. The highest BCUT2D eigenvalue weighted by Gasteiger charge is 2.22. The summed E-state index contributed by atoms with van der Waals surface area (Å²) in [6, 6.07) is 24.6. The van der Waals surface area contributed by atoms with Gasteiger partial charge in [0.1, 0.15) is 12.4 Å². The maximum atomic E-state index is 13.2. The molecule has 0 fully saturated rings. The van der Waals surface area contributed by atoms with E-state index in [2.05, 4.69) is 5.32 Å². The Morgan fingerprint density at radius 3 is 2.26 bits per heavy atom. The van der Waals surface area contributed by atoms with Crippen molar-refractivity contribution in [2.24, 2.45) is 5.92 Å². The number of carbonyl (C=O) groups excluding carboxylic acids is 2. The molecule has 1 heterocycles. The Balaban J connectivity index is 1.59. The van der Waals surface area contributed by atoms with Crippen molar-refractivity contribution >= 4 is 23.3 Å². The Bertz CT molecular complexity index is 1430. The van der Waals surface area contributed by atoms with Crippen molar-refractivity contribution in [3.63, 3.8) is 0 Å². The molecular formula is C29H29N5O4. The fourth-order valence-corrected chi connectivity index (χ4v) is 4.03. The molecule has 4 rings (SSSR count). The minimum absolute atomic E-state index is 0.103. The van der Waals surface area contributed by atoms with Crippen LogP contribution in [0, 0.1) is 23.0 Å². The van der Waals surface area contributed by atoms with Crippen molar-refractivity contribution in [3.05, 3.63) is 106 Å². The lowest BCUT2D eigenvalue weighted by atomic mass is 10.1. The molecule has 0 aliphatic rings. The first kappa shape index (κ1) is 26.3. The zero-order valence-corrected chi connectivity index (χ0v) is 21.5. The summed E-state index contributed by atoms with van der Waals surface area (Å²) in [6.45, 7) is 6.05. The average Bonchev–Trinajstić information content (AvgIpc) is 3.32. The maximum absolute atomic E-state index is 13.2. The number of non-ortho nitro benzene ring substituents is 1. The second kappa shape index (κ2) is 11.5. The van der Waals surface area contributed by atoms with Crippen molar-refractivity contribution in [2.75, 3.05) is 18.4 Å². The van der Waals surface area contributed by atoms with Gasteiger partial charge in [-0.1, -0.05) is 61.9 Å². The summed E-state index contributed by atoms with van der Waals surface area (Å²) < 4.78 is 1.67. The molecule has 9 heteroatoms. The number of rotatable bonds is 9. The first-order chi connectivity index (χ1) is 18.2. The van der Waals surface area contributed by atoms with Crippen molar-refractivity contribution < 1.29 is 14.5 Å². The lowest BCUT2D eigenvalue weighted by Crippen LogP contribution is -2.40. The van der Waals surface area contributed by atoms with E-state index in [0.717, 1.165) is 16.8 Å². The first-order valence-electron chi connectivity index (χ1n) is 12.3. The third-order valence-corrected chi connectivity index (χ3v) is 5.86. The minimum Gasteiger partial charge on any atom is -0.329 e. The van der Waals surface area contributed by atoms with Gasteiger partial charge < -0.3 is 10.2 Å². The smallest absolute Gasteiger partial charge is 0.269 e. The quantitative estimate of drug-likeness (QED) is 0.236. The van der Waals surface area contributed by atoms with Crippen LogP contribution in [0.4, 0.5) is 11.5 Å². The number of aryl methyl sites for hydroxylation is 1. The van der Waals surface area contributed by atoms with Crippen LogP contribution in [0.1, 0.15) is 29.8 Å². The van der Waals surface area contributed by atoms with E-state index in [-0.39, 0.29) is 35.5 Å². The van der Waals surface area contributed by atoms with Crippen LogP contribution in [0.3, 0.4) is 0 Å². The highest BCUT2D eigenvalue weighted by atomic mass is 16.6. The van der Waals surface area contributed by atoms with E-state index in [1.54, 1.807) is 10.7 Å². The fourth-order valence-electron chi connectivity index (χ4n) is 4.03. The van der Waals surface area contributed by atoms with Gasteiger partial charge in [-0.25, -0.2) is 4.68 Å².